The van der Waals surface area contributed by atoms with Gasteiger partial charge in [-0.15, -0.1) is 11.3 Å². The average molecular weight is 385 g/mol. The number of fused-ring (bicyclic) bond motifs is 3. The molecule has 1 N–H and O–H groups in total. The summed E-state index contributed by atoms with van der Waals surface area (Å²) < 4.78 is 0. The molecule has 3 aliphatic rings. The van der Waals surface area contributed by atoms with Crippen LogP contribution >= 0.6 is 11.3 Å². The van der Waals surface area contributed by atoms with E-state index in [1.165, 1.54) is 60.8 Å². The highest BCUT2D eigenvalue weighted by atomic mass is 32.1. The number of nitrogens with one attached hydrogen (secondary N) is 1. The number of nitrogens with zero attached hydrogens (tertiary/aromatic N) is 3. The fourth-order valence-corrected chi connectivity index (χ4v) is 6.37. The smallest absolute Gasteiger partial charge is 0.220 e. The van der Waals surface area contributed by atoms with E-state index >= 15 is 0 Å². The molecule has 5 nitrogen and oxygen atoms in total. The zero-order chi connectivity index (χ0) is 18.2. The Bertz CT molecular complexity index is 834. The molecule has 6 heteroatoms. The number of carbonyl (C=O) groups is 1. The molecule has 1 aliphatic heterocycles. The average Bonchev–Trinajstić information content (AvgIpc) is 3.39. The Labute approximate surface area is 164 Å². The zero-order valence-corrected chi connectivity index (χ0v) is 16.7. The van der Waals surface area contributed by atoms with Crippen LogP contribution in [0, 0.1) is 5.92 Å². The second kappa shape index (κ2) is 7.38. The quantitative estimate of drug-likeness (QED) is 0.870. The lowest BCUT2D eigenvalue weighted by atomic mass is 10.0. The van der Waals surface area contributed by atoms with E-state index in [2.05, 4.69) is 20.2 Å². The molecule has 0 spiro atoms. The monoisotopic (exact) mass is 384 g/mol. The highest BCUT2D eigenvalue weighted by Crippen LogP contribution is 2.40. The molecule has 27 heavy (non-hydrogen) atoms. The summed E-state index contributed by atoms with van der Waals surface area (Å²) in [4.78, 5) is 26.6. The van der Waals surface area contributed by atoms with E-state index in [9.17, 15) is 4.79 Å². The summed E-state index contributed by atoms with van der Waals surface area (Å²) in [5, 5.41) is 4.60. The largest absolute Gasteiger partial charge is 0.356 e. The van der Waals surface area contributed by atoms with E-state index < -0.39 is 0 Å². The lowest BCUT2D eigenvalue weighted by Crippen LogP contribution is -2.45. The Morgan fingerprint density at radius 1 is 1.11 bits per heavy atom. The third-order valence-corrected chi connectivity index (χ3v) is 7.79. The van der Waals surface area contributed by atoms with Gasteiger partial charge in [-0.2, -0.15) is 0 Å². The molecule has 144 valence electrons. The molecule has 1 saturated carbocycles. The van der Waals surface area contributed by atoms with Gasteiger partial charge in [0.1, 0.15) is 17.0 Å². The van der Waals surface area contributed by atoms with Crippen LogP contribution in [0.3, 0.4) is 0 Å². The Hall–Kier alpha value is -1.69. The number of piperidine rings is 1. The second-order valence-electron chi connectivity index (χ2n) is 8.42. The fourth-order valence-electron chi connectivity index (χ4n) is 5.15. The maximum absolute atomic E-state index is 12.3. The van der Waals surface area contributed by atoms with Gasteiger partial charge in [0.15, 0.2) is 0 Å². The molecule has 2 aromatic rings. The first kappa shape index (κ1) is 17.4. The molecule has 3 heterocycles. The first-order valence-electron chi connectivity index (χ1n) is 10.6. The van der Waals surface area contributed by atoms with Crippen LogP contribution in [-0.2, 0) is 17.6 Å². The lowest BCUT2D eigenvalue weighted by molar-refractivity contribution is -0.122. The summed E-state index contributed by atoms with van der Waals surface area (Å²) in [5.74, 6) is 2.01. The van der Waals surface area contributed by atoms with E-state index in [4.69, 9.17) is 0 Å². The number of amides is 1. The van der Waals surface area contributed by atoms with Crippen LogP contribution in [0.15, 0.2) is 6.33 Å². The third kappa shape index (κ3) is 3.44. The summed E-state index contributed by atoms with van der Waals surface area (Å²) >= 11 is 1.85. The van der Waals surface area contributed by atoms with Crippen molar-refractivity contribution in [2.24, 2.45) is 5.92 Å². The predicted molar refractivity (Wildman–Crippen MR) is 109 cm³/mol. The number of rotatable bonds is 4. The minimum absolute atomic E-state index is 0.264. The Morgan fingerprint density at radius 3 is 2.74 bits per heavy atom. The van der Waals surface area contributed by atoms with Crippen LogP contribution in [-0.4, -0.2) is 35.0 Å². The Kier molecular flexibility index (Phi) is 4.76. The molecular weight excluding hydrogens is 356 g/mol. The third-order valence-electron chi connectivity index (χ3n) is 6.59. The van der Waals surface area contributed by atoms with Crippen LogP contribution in [0.4, 0.5) is 5.82 Å². The number of aromatic nitrogens is 2. The number of anilines is 1. The van der Waals surface area contributed by atoms with E-state index in [-0.39, 0.29) is 5.91 Å². The van der Waals surface area contributed by atoms with Crippen molar-refractivity contribution >= 4 is 33.3 Å². The SMILES string of the molecule is O=C(CC1CCCC1)NC1CCN(c2ncnc3sc4c(c23)CCC4)CC1. The highest BCUT2D eigenvalue weighted by Gasteiger charge is 2.27. The minimum atomic E-state index is 0.264. The number of thiophene rings is 1. The van der Waals surface area contributed by atoms with Crippen LogP contribution in [0.1, 0.15) is 61.8 Å². The molecule has 5 rings (SSSR count). The molecule has 0 atom stereocenters. The second-order valence-corrected chi connectivity index (χ2v) is 9.50. The van der Waals surface area contributed by atoms with Crippen molar-refractivity contribution in [3.63, 3.8) is 0 Å². The Morgan fingerprint density at radius 2 is 1.93 bits per heavy atom. The van der Waals surface area contributed by atoms with Crippen LogP contribution in [0.2, 0.25) is 0 Å². The number of hydrogen-bond acceptors (Lipinski definition) is 5. The topological polar surface area (TPSA) is 58.1 Å². The predicted octanol–water partition coefficient (Wildman–Crippen LogP) is 3.85. The van der Waals surface area contributed by atoms with Gasteiger partial charge in [0.25, 0.3) is 0 Å². The van der Waals surface area contributed by atoms with Crippen molar-refractivity contribution in [2.45, 2.75) is 70.3 Å². The van der Waals surface area contributed by atoms with Crippen LogP contribution in [0.25, 0.3) is 10.2 Å². The first-order chi connectivity index (χ1) is 13.3. The van der Waals surface area contributed by atoms with Gasteiger partial charge in [-0.1, -0.05) is 12.8 Å². The van der Waals surface area contributed by atoms with Gasteiger partial charge < -0.3 is 10.2 Å². The number of carbonyl (C=O) groups excluding carboxylic acids is 1. The van der Waals surface area contributed by atoms with Gasteiger partial charge in [-0.3, -0.25) is 4.79 Å². The lowest BCUT2D eigenvalue weighted by Gasteiger charge is -2.33. The first-order valence-corrected chi connectivity index (χ1v) is 11.4. The molecular formula is C21H28N4OS. The fraction of sp³-hybridized carbons (Fsp3) is 0.667. The molecule has 0 radical (unpaired) electrons. The summed E-state index contributed by atoms with van der Waals surface area (Å²) in [6.07, 6.45) is 13.2. The summed E-state index contributed by atoms with van der Waals surface area (Å²) in [6, 6.07) is 0.320. The number of hydrogen-bond donors (Lipinski definition) is 1. The molecule has 0 unspecified atom stereocenters. The molecule has 2 aromatic heterocycles. The van der Waals surface area contributed by atoms with Crippen LogP contribution in [0.5, 0.6) is 0 Å². The maximum Gasteiger partial charge on any atom is 0.220 e. The minimum Gasteiger partial charge on any atom is -0.356 e. The van der Waals surface area contributed by atoms with Crippen molar-refractivity contribution in [1.29, 1.82) is 0 Å². The van der Waals surface area contributed by atoms with Gasteiger partial charge in [0.2, 0.25) is 5.91 Å². The van der Waals surface area contributed by atoms with Gasteiger partial charge in [-0.25, -0.2) is 9.97 Å². The molecule has 0 aromatic carbocycles. The molecule has 2 aliphatic carbocycles. The summed E-state index contributed by atoms with van der Waals surface area (Å²) in [5.41, 5.74) is 1.50. The van der Waals surface area contributed by atoms with Crippen molar-refractivity contribution in [3.8, 4) is 0 Å². The van der Waals surface area contributed by atoms with E-state index in [0.717, 1.165) is 43.0 Å². The number of aryl methyl sites for hydroxylation is 2. The molecule has 0 bridgehead atoms. The molecule has 1 saturated heterocycles. The van der Waals surface area contributed by atoms with Gasteiger partial charge in [0, 0.05) is 30.4 Å². The molecule has 2 fully saturated rings. The van der Waals surface area contributed by atoms with Gasteiger partial charge in [-0.05, 0) is 56.4 Å². The van der Waals surface area contributed by atoms with Crippen molar-refractivity contribution < 1.29 is 4.79 Å². The highest BCUT2D eigenvalue weighted by molar-refractivity contribution is 7.19. The van der Waals surface area contributed by atoms with Crippen molar-refractivity contribution in [3.05, 3.63) is 16.8 Å². The summed E-state index contributed by atoms with van der Waals surface area (Å²) in [6.45, 7) is 1.93. The van der Waals surface area contributed by atoms with E-state index in [1.807, 2.05) is 11.3 Å². The van der Waals surface area contributed by atoms with E-state index in [0.29, 0.717) is 12.0 Å². The standard InChI is InChI=1S/C21H28N4OS/c26-18(12-14-4-1-2-5-14)24-15-8-10-25(11-9-15)20-19-16-6-3-7-17(16)27-21(19)23-13-22-20/h13-15H,1-12H2,(H,24,26). The van der Waals surface area contributed by atoms with Gasteiger partial charge >= 0.3 is 0 Å². The zero-order valence-electron chi connectivity index (χ0n) is 15.9. The maximum atomic E-state index is 12.3. The van der Waals surface area contributed by atoms with Crippen LogP contribution < -0.4 is 10.2 Å². The normalized spacial score (nSPS) is 21.1. The van der Waals surface area contributed by atoms with Crippen molar-refractivity contribution in [2.75, 3.05) is 18.0 Å². The van der Waals surface area contributed by atoms with Crippen molar-refractivity contribution in [1.82, 2.24) is 15.3 Å². The van der Waals surface area contributed by atoms with E-state index in [1.54, 1.807) is 6.33 Å². The Balaban J connectivity index is 1.23. The van der Waals surface area contributed by atoms with Gasteiger partial charge in [0.05, 0.1) is 5.39 Å². The summed E-state index contributed by atoms with van der Waals surface area (Å²) in [7, 11) is 0. The molecule has 1 amide bonds.